The maximum Gasteiger partial charge on any atom is 0.303 e. The van der Waals surface area contributed by atoms with Gasteiger partial charge in [0, 0.05) is 27.7 Å². The van der Waals surface area contributed by atoms with E-state index in [0.717, 1.165) is 27.7 Å². The van der Waals surface area contributed by atoms with Crippen LogP contribution in [0.15, 0.2) is 22.9 Å². The van der Waals surface area contributed by atoms with Crippen LogP contribution in [0.2, 0.25) is 0 Å². The summed E-state index contributed by atoms with van der Waals surface area (Å²) in [4.78, 5) is 59.6. The van der Waals surface area contributed by atoms with Gasteiger partial charge in [0.1, 0.15) is 18.5 Å². The van der Waals surface area contributed by atoms with Crippen molar-refractivity contribution in [3.8, 4) is 0 Å². The van der Waals surface area contributed by atoms with Gasteiger partial charge in [-0.1, -0.05) is 0 Å². The van der Waals surface area contributed by atoms with E-state index in [1.165, 1.54) is 6.92 Å². The van der Waals surface area contributed by atoms with Gasteiger partial charge >= 0.3 is 23.9 Å². The second-order valence-electron chi connectivity index (χ2n) is 7.83. The van der Waals surface area contributed by atoms with Crippen molar-refractivity contribution in [2.75, 3.05) is 6.61 Å². The zero-order chi connectivity index (χ0) is 25.7. The fraction of sp³-hybridized carbons (Fsp3) is 0.591. The van der Waals surface area contributed by atoms with Crippen LogP contribution in [0.4, 0.5) is 0 Å². The van der Waals surface area contributed by atoms with Gasteiger partial charge in [0.2, 0.25) is 18.2 Å². The van der Waals surface area contributed by atoms with Gasteiger partial charge in [-0.15, -0.1) is 0 Å². The number of hydrogen-bond acceptors (Lipinski definition) is 12. The van der Waals surface area contributed by atoms with Crippen LogP contribution in [0.1, 0.15) is 48.5 Å². The van der Waals surface area contributed by atoms with Crippen LogP contribution in [0.5, 0.6) is 0 Å². The van der Waals surface area contributed by atoms with Gasteiger partial charge in [-0.05, 0) is 26.3 Å². The molecule has 34 heavy (non-hydrogen) atoms. The predicted molar refractivity (Wildman–Crippen MR) is 110 cm³/mol. The Morgan fingerprint density at radius 1 is 0.794 bits per heavy atom. The minimum atomic E-state index is -1.52. The standard InChI is InChI=1S/C22H28O12/c1-9(2)17-16(27)18(10(3)29-17)34-22-21(32-14(7)26)20(31-13(6)25)19(30-12(5)24)15(33-22)8-28-11(4)23/h15,19-22H,8H2,1-7H3. The molecule has 0 aromatic heterocycles. The number of Topliss-reactive ketones (excluding diaryl/α,β-unsaturated/α-hetero) is 1. The lowest BCUT2D eigenvalue weighted by Crippen LogP contribution is -2.63. The molecule has 2 aliphatic heterocycles. The number of ketones is 1. The first-order valence-electron chi connectivity index (χ1n) is 10.4. The van der Waals surface area contributed by atoms with Crippen molar-refractivity contribution in [2.45, 2.75) is 79.2 Å². The molecule has 0 aromatic carbocycles. The Morgan fingerprint density at radius 2 is 1.32 bits per heavy atom. The molecule has 2 aliphatic rings. The third kappa shape index (κ3) is 6.56. The van der Waals surface area contributed by atoms with E-state index in [1.54, 1.807) is 13.8 Å². The Balaban J connectivity index is 2.50. The smallest absolute Gasteiger partial charge is 0.303 e. The van der Waals surface area contributed by atoms with Crippen LogP contribution in [0, 0.1) is 0 Å². The molecule has 0 amide bonds. The minimum Gasteiger partial charge on any atom is -0.463 e. The third-order valence-corrected chi connectivity index (χ3v) is 4.62. The lowest BCUT2D eigenvalue weighted by Gasteiger charge is -2.43. The quantitative estimate of drug-likeness (QED) is 0.290. The van der Waals surface area contributed by atoms with Gasteiger partial charge in [-0.3, -0.25) is 24.0 Å². The summed E-state index contributed by atoms with van der Waals surface area (Å²) in [6.07, 6.45) is -6.91. The molecule has 2 rings (SSSR count). The molecule has 1 saturated heterocycles. The van der Waals surface area contributed by atoms with Crippen molar-refractivity contribution < 1.29 is 57.1 Å². The molecule has 0 radical (unpaired) electrons. The molecule has 1 fully saturated rings. The number of allylic oxidation sites excluding steroid dienone is 2. The zero-order valence-electron chi connectivity index (χ0n) is 20.0. The molecule has 5 atom stereocenters. The molecule has 2 heterocycles. The molecule has 0 spiro atoms. The molecular weight excluding hydrogens is 456 g/mol. The molecule has 5 unspecified atom stereocenters. The fourth-order valence-electron chi connectivity index (χ4n) is 3.37. The summed E-state index contributed by atoms with van der Waals surface area (Å²) in [6.45, 7) is 8.91. The van der Waals surface area contributed by atoms with E-state index in [-0.39, 0.29) is 17.3 Å². The fourth-order valence-corrected chi connectivity index (χ4v) is 3.37. The largest absolute Gasteiger partial charge is 0.463 e. The van der Waals surface area contributed by atoms with Crippen molar-refractivity contribution in [3.63, 3.8) is 0 Å². The predicted octanol–water partition coefficient (Wildman–Crippen LogP) is 1.21. The molecular formula is C22H28O12. The molecule has 0 aromatic rings. The summed E-state index contributed by atoms with van der Waals surface area (Å²) >= 11 is 0. The Labute approximate surface area is 196 Å². The van der Waals surface area contributed by atoms with E-state index in [4.69, 9.17) is 33.2 Å². The van der Waals surface area contributed by atoms with Crippen molar-refractivity contribution >= 4 is 29.7 Å². The van der Waals surface area contributed by atoms with E-state index in [9.17, 15) is 24.0 Å². The van der Waals surface area contributed by atoms with E-state index >= 15 is 0 Å². The first-order valence-corrected chi connectivity index (χ1v) is 10.4. The van der Waals surface area contributed by atoms with E-state index in [0.29, 0.717) is 5.57 Å². The van der Waals surface area contributed by atoms with Crippen LogP contribution in [-0.4, -0.2) is 67.0 Å². The second kappa shape index (κ2) is 11.1. The molecule has 0 bridgehead atoms. The Hall–Kier alpha value is -3.41. The van der Waals surface area contributed by atoms with Gasteiger partial charge in [0.25, 0.3) is 5.78 Å². The van der Waals surface area contributed by atoms with Crippen LogP contribution >= 0.6 is 0 Å². The Morgan fingerprint density at radius 3 is 1.79 bits per heavy atom. The van der Waals surface area contributed by atoms with Crippen molar-refractivity contribution in [3.05, 3.63) is 22.9 Å². The van der Waals surface area contributed by atoms with E-state index in [1.807, 2.05) is 0 Å². The van der Waals surface area contributed by atoms with Crippen molar-refractivity contribution in [1.29, 1.82) is 0 Å². The highest BCUT2D eigenvalue weighted by atomic mass is 16.7. The second-order valence-corrected chi connectivity index (χ2v) is 7.83. The van der Waals surface area contributed by atoms with Crippen LogP contribution in [-0.2, 0) is 57.1 Å². The molecule has 0 saturated carbocycles. The summed E-state index contributed by atoms with van der Waals surface area (Å²) in [6, 6.07) is 0. The molecule has 188 valence electrons. The normalized spacial score (nSPS) is 26.4. The Bertz CT molecular complexity index is 926. The molecule has 12 heteroatoms. The summed E-state index contributed by atoms with van der Waals surface area (Å²) in [5.41, 5.74) is 0.601. The average Bonchev–Trinajstić information content (AvgIpc) is 2.98. The molecule has 12 nitrogen and oxygen atoms in total. The summed E-state index contributed by atoms with van der Waals surface area (Å²) in [5, 5.41) is 0. The first kappa shape index (κ1) is 26.8. The molecule has 0 N–H and O–H groups in total. The van der Waals surface area contributed by atoms with Gasteiger partial charge in [0.15, 0.2) is 18.0 Å². The SMILES string of the molecule is CC(=O)OCC1OC(OC2=C(C)OC(=C(C)C)C2=O)C(OC(C)=O)C(OC(C)=O)C1OC(C)=O. The lowest BCUT2D eigenvalue weighted by molar-refractivity contribution is -0.299. The topological polar surface area (TPSA) is 150 Å². The van der Waals surface area contributed by atoms with E-state index in [2.05, 4.69) is 0 Å². The summed E-state index contributed by atoms with van der Waals surface area (Å²) < 4.78 is 38.0. The number of carbonyl (C=O) groups is 5. The van der Waals surface area contributed by atoms with Gasteiger partial charge in [-0.25, -0.2) is 0 Å². The average molecular weight is 484 g/mol. The van der Waals surface area contributed by atoms with Gasteiger partial charge in [-0.2, -0.15) is 0 Å². The van der Waals surface area contributed by atoms with Crippen molar-refractivity contribution in [2.24, 2.45) is 0 Å². The summed E-state index contributed by atoms with van der Waals surface area (Å²) in [7, 11) is 0. The number of carbonyl (C=O) groups excluding carboxylic acids is 5. The maximum atomic E-state index is 12.8. The van der Waals surface area contributed by atoms with Crippen molar-refractivity contribution in [1.82, 2.24) is 0 Å². The number of rotatable bonds is 7. The van der Waals surface area contributed by atoms with Gasteiger partial charge in [0.05, 0.1) is 0 Å². The molecule has 0 aliphatic carbocycles. The number of esters is 4. The zero-order valence-corrected chi connectivity index (χ0v) is 20.0. The highest BCUT2D eigenvalue weighted by Gasteiger charge is 2.54. The number of hydrogen-bond donors (Lipinski definition) is 0. The third-order valence-electron chi connectivity index (χ3n) is 4.62. The highest BCUT2D eigenvalue weighted by molar-refractivity contribution is 6.08. The Kier molecular flexibility index (Phi) is 8.80. The van der Waals surface area contributed by atoms with Crippen LogP contribution in [0.3, 0.4) is 0 Å². The lowest BCUT2D eigenvalue weighted by atomic mass is 9.98. The monoisotopic (exact) mass is 484 g/mol. The first-order chi connectivity index (χ1) is 15.8. The minimum absolute atomic E-state index is 0.0677. The van der Waals surface area contributed by atoms with Gasteiger partial charge < -0.3 is 33.2 Å². The van der Waals surface area contributed by atoms with Crippen LogP contribution in [0.25, 0.3) is 0 Å². The summed E-state index contributed by atoms with van der Waals surface area (Å²) in [5.74, 6) is -3.56. The number of ether oxygens (including phenoxy) is 7. The van der Waals surface area contributed by atoms with E-state index < -0.39 is 67.0 Å². The highest BCUT2D eigenvalue weighted by Crippen LogP contribution is 2.34. The maximum absolute atomic E-state index is 12.8. The van der Waals surface area contributed by atoms with Crippen LogP contribution < -0.4 is 0 Å².